The van der Waals surface area contributed by atoms with Crippen LogP contribution in [0.5, 0.6) is 0 Å². The molecule has 1 rings (SSSR count). The molecule has 1 heterocycles. The second kappa shape index (κ2) is 5.64. The van der Waals surface area contributed by atoms with Gasteiger partial charge in [-0.05, 0) is 47.2 Å². The summed E-state index contributed by atoms with van der Waals surface area (Å²) in [6.45, 7) is 8.59. The highest BCUT2D eigenvalue weighted by Crippen LogP contribution is 2.15. The van der Waals surface area contributed by atoms with Gasteiger partial charge in [-0.3, -0.25) is 9.69 Å². The van der Waals surface area contributed by atoms with E-state index in [0.717, 1.165) is 13.1 Å². The smallest absolute Gasteiger partial charge is 0.234 e. The summed E-state index contributed by atoms with van der Waals surface area (Å²) in [4.78, 5) is 14.1. The van der Waals surface area contributed by atoms with Gasteiger partial charge in [-0.15, -0.1) is 0 Å². The number of nitrogens with one attached hydrogen (secondary N) is 2. The number of amides is 1. The van der Waals surface area contributed by atoms with Crippen molar-refractivity contribution in [3.8, 4) is 0 Å². The van der Waals surface area contributed by atoms with Gasteiger partial charge in [-0.1, -0.05) is 0 Å². The normalized spacial score (nSPS) is 22.4. The van der Waals surface area contributed by atoms with Gasteiger partial charge in [0, 0.05) is 18.1 Å². The van der Waals surface area contributed by atoms with Crippen LogP contribution in [0.3, 0.4) is 0 Å². The summed E-state index contributed by atoms with van der Waals surface area (Å²) in [5, 5.41) is 6.20. The van der Waals surface area contributed by atoms with Crippen LogP contribution in [-0.2, 0) is 4.79 Å². The van der Waals surface area contributed by atoms with Gasteiger partial charge in [0.2, 0.25) is 5.91 Å². The first-order chi connectivity index (χ1) is 7.42. The fourth-order valence-corrected chi connectivity index (χ4v) is 2.21. The first kappa shape index (κ1) is 13.5. The van der Waals surface area contributed by atoms with Crippen molar-refractivity contribution in [3.05, 3.63) is 0 Å². The Kier molecular flexibility index (Phi) is 4.74. The van der Waals surface area contributed by atoms with E-state index in [4.69, 9.17) is 0 Å². The van der Waals surface area contributed by atoms with Gasteiger partial charge < -0.3 is 10.6 Å². The molecule has 94 valence electrons. The maximum Gasteiger partial charge on any atom is 0.234 e. The standard InChI is InChI=1S/C12H25N3O/c1-12(2,3)14-11(16)9-15-7-5-6-10(15)8-13-4/h10,13H,5-9H2,1-4H3,(H,14,16). The quantitative estimate of drug-likeness (QED) is 0.738. The van der Waals surface area contributed by atoms with Crippen LogP contribution in [0.2, 0.25) is 0 Å². The Hall–Kier alpha value is -0.610. The van der Waals surface area contributed by atoms with Crippen molar-refractivity contribution < 1.29 is 4.79 Å². The highest BCUT2D eigenvalue weighted by atomic mass is 16.2. The highest BCUT2D eigenvalue weighted by Gasteiger charge is 2.26. The molecule has 1 atom stereocenters. The first-order valence-corrected chi connectivity index (χ1v) is 6.12. The molecule has 2 N–H and O–H groups in total. The van der Waals surface area contributed by atoms with Crippen LogP contribution < -0.4 is 10.6 Å². The number of likely N-dealkylation sites (tertiary alicyclic amines) is 1. The lowest BCUT2D eigenvalue weighted by Gasteiger charge is -2.26. The summed E-state index contributed by atoms with van der Waals surface area (Å²) in [5.74, 6) is 0.135. The van der Waals surface area contributed by atoms with Gasteiger partial charge >= 0.3 is 0 Å². The Bertz CT molecular complexity index is 235. The summed E-state index contributed by atoms with van der Waals surface area (Å²) < 4.78 is 0. The Morgan fingerprint density at radius 3 is 2.69 bits per heavy atom. The van der Waals surface area contributed by atoms with Crippen molar-refractivity contribution in [3.63, 3.8) is 0 Å². The number of rotatable bonds is 4. The van der Waals surface area contributed by atoms with Crippen molar-refractivity contribution in [2.75, 3.05) is 26.7 Å². The summed E-state index contributed by atoms with van der Waals surface area (Å²) >= 11 is 0. The summed E-state index contributed by atoms with van der Waals surface area (Å²) in [7, 11) is 1.96. The van der Waals surface area contributed by atoms with E-state index < -0.39 is 0 Å². The van der Waals surface area contributed by atoms with Gasteiger partial charge in [-0.25, -0.2) is 0 Å². The third-order valence-corrected chi connectivity index (χ3v) is 2.80. The van der Waals surface area contributed by atoms with Gasteiger partial charge in [0.25, 0.3) is 0 Å². The molecule has 0 aromatic rings. The molecule has 16 heavy (non-hydrogen) atoms. The fourth-order valence-electron chi connectivity index (χ4n) is 2.21. The van der Waals surface area contributed by atoms with Crippen molar-refractivity contribution in [1.29, 1.82) is 0 Å². The molecule has 1 aliphatic heterocycles. The van der Waals surface area contributed by atoms with Crippen LogP contribution in [-0.4, -0.2) is 49.1 Å². The molecule has 4 nitrogen and oxygen atoms in total. The van der Waals surface area contributed by atoms with E-state index in [-0.39, 0.29) is 11.4 Å². The molecule has 0 radical (unpaired) electrons. The lowest BCUT2D eigenvalue weighted by molar-refractivity contribution is -0.123. The Morgan fingerprint density at radius 2 is 2.12 bits per heavy atom. The van der Waals surface area contributed by atoms with E-state index in [0.29, 0.717) is 12.6 Å². The summed E-state index contributed by atoms with van der Waals surface area (Å²) in [6, 6.07) is 0.524. The van der Waals surface area contributed by atoms with Crippen LogP contribution in [0.4, 0.5) is 0 Å². The number of nitrogens with zero attached hydrogens (tertiary/aromatic N) is 1. The predicted octanol–water partition coefficient (Wildman–Crippen LogP) is 0.585. The van der Waals surface area contributed by atoms with E-state index >= 15 is 0 Å². The van der Waals surface area contributed by atoms with Gasteiger partial charge in [0.15, 0.2) is 0 Å². The topological polar surface area (TPSA) is 44.4 Å². The molecule has 1 amide bonds. The van der Waals surface area contributed by atoms with Crippen LogP contribution in [0.25, 0.3) is 0 Å². The number of likely N-dealkylation sites (N-methyl/N-ethyl adjacent to an activating group) is 1. The number of hydrogen-bond donors (Lipinski definition) is 2. The lowest BCUT2D eigenvalue weighted by atomic mass is 10.1. The largest absolute Gasteiger partial charge is 0.350 e. The van der Waals surface area contributed by atoms with Gasteiger partial charge in [0.05, 0.1) is 6.54 Å². The predicted molar refractivity (Wildman–Crippen MR) is 66.4 cm³/mol. The SMILES string of the molecule is CNCC1CCCN1CC(=O)NC(C)(C)C. The van der Waals surface area contributed by atoms with E-state index in [1.807, 2.05) is 27.8 Å². The molecule has 1 saturated heterocycles. The van der Waals surface area contributed by atoms with E-state index in [2.05, 4.69) is 15.5 Å². The molecule has 0 saturated carbocycles. The number of carbonyl (C=O) groups excluding carboxylic acids is 1. The minimum atomic E-state index is -0.130. The molecular formula is C12H25N3O. The molecule has 0 spiro atoms. The monoisotopic (exact) mass is 227 g/mol. The molecule has 4 heteroatoms. The molecule has 0 aromatic heterocycles. The van der Waals surface area contributed by atoms with Crippen molar-refractivity contribution in [2.24, 2.45) is 0 Å². The zero-order chi connectivity index (χ0) is 12.2. The number of hydrogen-bond acceptors (Lipinski definition) is 3. The molecule has 0 bridgehead atoms. The van der Waals surface area contributed by atoms with Crippen molar-refractivity contribution >= 4 is 5.91 Å². The van der Waals surface area contributed by atoms with Gasteiger partial charge in [-0.2, -0.15) is 0 Å². The molecule has 0 aromatic carbocycles. The highest BCUT2D eigenvalue weighted by molar-refractivity contribution is 5.78. The van der Waals surface area contributed by atoms with E-state index in [1.165, 1.54) is 12.8 Å². The average Bonchev–Trinajstić information content (AvgIpc) is 2.50. The Morgan fingerprint density at radius 1 is 1.44 bits per heavy atom. The Balaban J connectivity index is 2.38. The van der Waals surface area contributed by atoms with E-state index in [1.54, 1.807) is 0 Å². The van der Waals surface area contributed by atoms with Crippen LogP contribution in [0.1, 0.15) is 33.6 Å². The average molecular weight is 227 g/mol. The van der Waals surface area contributed by atoms with Crippen LogP contribution in [0.15, 0.2) is 0 Å². The Labute approximate surface area is 98.8 Å². The second-order valence-electron chi connectivity index (χ2n) is 5.62. The maximum absolute atomic E-state index is 11.8. The molecule has 1 aliphatic rings. The third kappa shape index (κ3) is 4.49. The van der Waals surface area contributed by atoms with Crippen molar-refractivity contribution in [2.45, 2.75) is 45.2 Å². The molecule has 0 aliphatic carbocycles. The van der Waals surface area contributed by atoms with E-state index in [9.17, 15) is 4.79 Å². The maximum atomic E-state index is 11.8. The van der Waals surface area contributed by atoms with Crippen molar-refractivity contribution in [1.82, 2.24) is 15.5 Å². The zero-order valence-corrected chi connectivity index (χ0v) is 11.0. The lowest BCUT2D eigenvalue weighted by Crippen LogP contribution is -2.48. The third-order valence-electron chi connectivity index (χ3n) is 2.80. The molecular weight excluding hydrogens is 202 g/mol. The molecule has 1 fully saturated rings. The zero-order valence-electron chi connectivity index (χ0n) is 11.0. The second-order valence-corrected chi connectivity index (χ2v) is 5.62. The summed E-state index contributed by atoms with van der Waals surface area (Å²) in [6.07, 6.45) is 2.40. The minimum absolute atomic E-state index is 0.130. The number of carbonyl (C=O) groups is 1. The fraction of sp³-hybridized carbons (Fsp3) is 0.917. The van der Waals surface area contributed by atoms with Crippen LogP contribution in [0, 0.1) is 0 Å². The summed E-state index contributed by atoms with van der Waals surface area (Å²) in [5.41, 5.74) is -0.130. The molecule has 1 unspecified atom stereocenters. The first-order valence-electron chi connectivity index (χ1n) is 6.12. The van der Waals surface area contributed by atoms with Gasteiger partial charge in [0.1, 0.15) is 0 Å². The minimum Gasteiger partial charge on any atom is -0.350 e. The van der Waals surface area contributed by atoms with Crippen LogP contribution >= 0.6 is 0 Å².